The van der Waals surface area contributed by atoms with Crippen molar-refractivity contribution in [2.75, 3.05) is 19.8 Å². The molecule has 1 aromatic carbocycles. The zero-order valence-electron chi connectivity index (χ0n) is 11.4. The molecule has 0 aliphatic carbocycles. The molecule has 0 saturated carbocycles. The van der Waals surface area contributed by atoms with Crippen molar-refractivity contribution in [1.82, 2.24) is 15.3 Å². The van der Waals surface area contributed by atoms with E-state index in [2.05, 4.69) is 21.4 Å². The molecule has 1 aliphatic heterocycles. The molecule has 1 aromatic heterocycles. The minimum Gasteiger partial charge on any atom is -0.486 e. The SMILES string of the molecule is c1c[nH]c(CCCNCc2ccc3c(c2)OCCO3)n1. The van der Waals surface area contributed by atoms with Crippen LogP contribution in [0.25, 0.3) is 0 Å². The molecular formula is C15H19N3O2. The lowest BCUT2D eigenvalue weighted by Crippen LogP contribution is -2.17. The predicted octanol–water partition coefficient (Wildman–Crippen LogP) is 1.90. The van der Waals surface area contributed by atoms with Crippen LogP contribution < -0.4 is 14.8 Å². The van der Waals surface area contributed by atoms with Gasteiger partial charge >= 0.3 is 0 Å². The van der Waals surface area contributed by atoms with Crippen molar-refractivity contribution in [2.24, 2.45) is 0 Å². The molecule has 20 heavy (non-hydrogen) atoms. The number of rotatable bonds is 6. The van der Waals surface area contributed by atoms with Crippen LogP contribution in [0.4, 0.5) is 0 Å². The highest BCUT2D eigenvalue weighted by Gasteiger charge is 2.11. The standard InChI is InChI=1S/C15H19N3O2/c1(2-15-17-6-7-18-15)5-16-11-12-3-4-13-14(10-12)20-9-8-19-13/h3-4,6-7,10,16H,1-2,5,8-9,11H2,(H,17,18). The molecule has 0 bridgehead atoms. The van der Waals surface area contributed by atoms with E-state index in [0.717, 1.165) is 43.3 Å². The second kappa shape index (κ2) is 6.43. The summed E-state index contributed by atoms with van der Waals surface area (Å²) in [5.41, 5.74) is 1.22. The molecule has 2 N–H and O–H groups in total. The van der Waals surface area contributed by atoms with E-state index < -0.39 is 0 Å². The highest BCUT2D eigenvalue weighted by atomic mass is 16.6. The number of benzene rings is 1. The van der Waals surface area contributed by atoms with E-state index >= 15 is 0 Å². The van der Waals surface area contributed by atoms with Crippen LogP contribution in [0.1, 0.15) is 17.8 Å². The Morgan fingerprint density at radius 2 is 2.10 bits per heavy atom. The molecule has 0 unspecified atom stereocenters. The maximum Gasteiger partial charge on any atom is 0.161 e. The van der Waals surface area contributed by atoms with Crippen molar-refractivity contribution in [3.8, 4) is 11.5 Å². The lowest BCUT2D eigenvalue weighted by molar-refractivity contribution is 0.171. The number of H-pyrrole nitrogens is 1. The lowest BCUT2D eigenvalue weighted by Gasteiger charge is -2.19. The number of aryl methyl sites for hydroxylation is 1. The van der Waals surface area contributed by atoms with Crippen molar-refractivity contribution in [1.29, 1.82) is 0 Å². The van der Waals surface area contributed by atoms with E-state index in [1.807, 2.05) is 18.3 Å². The van der Waals surface area contributed by atoms with Crippen LogP contribution in [0.5, 0.6) is 11.5 Å². The van der Waals surface area contributed by atoms with Crippen molar-refractivity contribution in [3.63, 3.8) is 0 Å². The number of aromatic amines is 1. The van der Waals surface area contributed by atoms with Gasteiger partial charge in [0.25, 0.3) is 0 Å². The summed E-state index contributed by atoms with van der Waals surface area (Å²) in [6.07, 6.45) is 5.69. The van der Waals surface area contributed by atoms with Gasteiger partial charge in [0.2, 0.25) is 0 Å². The molecule has 2 heterocycles. The first-order chi connectivity index (χ1) is 9.92. The second-order valence-electron chi connectivity index (χ2n) is 4.79. The largest absolute Gasteiger partial charge is 0.486 e. The summed E-state index contributed by atoms with van der Waals surface area (Å²) < 4.78 is 11.1. The Bertz CT molecular complexity index is 540. The smallest absolute Gasteiger partial charge is 0.161 e. The van der Waals surface area contributed by atoms with Gasteiger partial charge in [-0.1, -0.05) is 6.07 Å². The minimum atomic E-state index is 0.632. The number of aromatic nitrogens is 2. The highest BCUT2D eigenvalue weighted by molar-refractivity contribution is 5.43. The Morgan fingerprint density at radius 3 is 2.95 bits per heavy atom. The molecule has 5 nitrogen and oxygen atoms in total. The Morgan fingerprint density at radius 1 is 1.20 bits per heavy atom. The summed E-state index contributed by atoms with van der Waals surface area (Å²) in [6.45, 7) is 3.08. The third-order valence-corrected chi connectivity index (χ3v) is 3.26. The monoisotopic (exact) mass is 273 g/mol. The van der Waals surface area contributed by atoms with Gasteiger partial charge in [0.1, 0.15) is 19.0 Å². The maximum atomic E-state index is 5.58. The van der Waals surface area contributed by atoms with Gasteiger partial charge in [-0.2, -0.15) is 0 Å². The van der Waals surface area contributed by atoms with Crippen LogP contribution in [0.3, 0.4) is 0 Å². The molecule has 0 amide bonds. The minimum absolute atomic E-state index is 0.632. The van der Waals surface area contributed by atoms with Gasteiger partial charge < -0.3 is 19.8 Å². The first kappa shape index (κ1) is 13.0. The normalized spacial score (nSPS) is 13.4. The molecule has 0 saturated heterocycles. The molecule has 0 fully saturated rings. The Labute approximate surface area is 118 Å². The number of nitrogens with one attached hydrogen (secondary N) is 2. The zero-order valence-corrected chi connectivity index (χ0v) is 11.4. The topological polar surface area (TPSA) is 59.2 Å². The van der Waals surface area contributed by atoms with E-state index in [1.165, 1.54) is 5.56 Å². The molecule has 1 aliphatic rings. The molecule has 3 rings (SSSR count). The third kappa shape index (κ3) is 3.30. The summed E-state index contributed by atoms with van der Waals surface area (Å²) >= 11 is 0. The summed E-state index contributed by atoms with van der Waals surface area (Å²) in [6, 6.07) is 6.11. The van der Waals surface area contributed by atoms with Crippen molar-refractivity contribution in [3.05, 3.63) is 42.0 Å². The van der Waals surface area contributed by atoms with Gasteiger partial charge in [-0.3, -0.25) is 0 Å². The fourth-order valence-electron chi connectivity index (χ4n) is 2.25. The summed E-state index contributed by atoms with van der Waals surface area (Å²) in [4.78, 5) is 7.32. The van der Waals surface area contributed by atoms with E-state index in [-0.39, 0.29) is 0 Å². The summed E-state index contributed by atoms with van der Waals surface area (Å²) in [5, 5.41) is 3.43. The lowest BCUT2D eigenvalue weighted by atomic mass is 10.2. The molecule has 0 radical (unpaired) electrons. The highest BCUT2D eigenvalue weighted by Crippen LogP contribution is 2.30. The van der Waals surface area contributed by atoms with Crippen molar-refractivity contribution < 1.29 is 9.47 Å². The van der Waals surface area contributed by atoms with Crippen LogP contribution >= 0.6 is 0 Å². The average Bonchev–Trinajstić information content (AvgIpc) is 3.00. The molecule has 0 spiro atoms. The first-order valence-electron chi connectivity index (χ1n) is 6.99. The average molecular weight is 273 g/mol. The van der Waals surface area contributed by atoms with Gasteiger partial charge in [0.15, 0.2) is 11.5 Å². The van der Waals surface area contributed by atoms with Crippen molar-refractivity contribution in [2.45, 2.75) is 19.4 Å². The Hall–Kier alpha value is -2.01. The molecular weight excluding hydrogens is 254 g/mol. The third-order valence-electron chi connectivity index (χ3n) is 3.26. The molecule has 106 valence electrons. The molecule has 2 aromatic rings. The number of nitrogens with zero attached hydrogens (tertiary/aromatic N) is 1. The summed E-state index contributed by atoms with van der Waals surface area (Å²) in [7, 11) is 0. The predicted molar refractivity (Wildman–Crippen MR) is 76.0 cm³/mol. The first-order valence-corrected chi connectivity index (χ1v) is 6.99. The van der Waals surface area contributed by atoms with Crippen molar-refractivity contribution >= 4 is 0 Å². The summed E-state index contributed by atoms with van der Waals surface area (Å²) in [5.74, 6) is 2.75. The van der Waals surface area contributed by atoms with E-state index in [4.69, 9.17) is 9.47 Å². The van der Waals surface area contributed by atoms with E-state index in [1.54, 1.807) is 6.20 Å². The maximum absolute atomic E-state index is 5.58. The van der Waals surface area contributed by atoms with E-state index in [0.29, 0.717) is 13.2 Å². The van der Waals surface area contributed by atoms with Gasteiger partial charge in [-0.25, -0.2) is 4.98 Å². The number of hydrogen-bond acceptors (Lipinski definition) is 4. The number of hydrogen-bond donors (Lipinski definition) is 2. The number of fused-ring (bicyclic) bond motifs is 1. The second-order valence-corrected chi connectivity index (χ2v) is 4.79. The quantitative estimate of drug-likeness (QED) is 0.789. The zero-order chi connectivity index (χ0) is 13.6. The van der Waals surface area contributed by atoms with Gasteiger partial charge in [0.05, 0.1) is 0 Å². The fourth-order valence-corrected chi connectivity index (χ4v) is 2.25. The fraction of sp³-hybridized carbons (Fsp3) is 0.400. The van der Waals surface area contributed by atoms with Gasteiger partial charge in [0, 0.05) is 25.4 Å². The van der Waals surface area contributed by atoms with Crippen LogP contribution in [0, 0.1) is 0 Å². The van der Waals surface area contributed by atoms with Gasteiger partial charge in [-0.15, -0.1) is 0 Å². The van der Waals surface area contributed by atoms with Crippen LogP contribution in [0.15, 0.2) is 30.6 Å². The Balaban J connectivity index is 1.42. The van der Waals surface area contributed by atoms with Crippen LogP contribution in [-0.4, -0.2) is 29.7 Å². The molecule has 5 heteroatoms. The van der Waals surface area contributed by atoms with Gasteiger partial charge in [-0.05, 0) is 30.7 Å². The van der Waals surface area contributed by atoms with E-state index in [9.17, 15) is 0 Å². The number of imidazole rings is 1. The Kier molecular flexibility index (Phi) is 4.18. The van der Waals surface area contributed by atoms with Crippen LogP contribution in [-0.2, 0) is 13.0 Å². The number of ether oxygens (including phenoxy) is 2. The van der Waals surface area contributed by atoms with Crippen LogP contribution in [0.2, 0.25) is 0 Å². The molecule has 0 atom stereocenters.